The molecule has 6 nitrogen and oxygen atoms in total. The van der Waals surface area contributed by atoms with Gasteiger partial charge in [0.2, 0.25) is 0 Å². The summed E-state index contributed by atoms with van der Waals surface area (Å²) in [6, 6.07) is 3.87. The Balaban J connectivity index is 1.45. The summed E-state index contributed by atoms with van der Waals surface area (Å²) in [6.45, 7) is 4.68. The molecular weight excluding hydrogens is 328 g/mol. The zero-order valence-electron chi connectivity index (χ0n) is 13.6. The first kappa shape index (κ1) is 15.8. The van der Waals surface area contributed by atoms with Crippen molar-refractivity contribution < 1.29 is 18.7 Å². The number of hydrogen-bond donors (Lipinski definition) is 0. The van der Waals surface area contributed by atoms with Crippen molar-refractivity contribution >= 4 is 17.2 Å². The molecule has 0 aliphatic carbocycles. The van der Waals surface area contributed by atoms with Crippen molar-refractivity contribution in [1.29, 1.82) is 0 Å². The van der Waals surface area contributed by atoms with E-state index in [2.05, 4.69) is 4.98 Å². The number of piperidine rings is 1. The molecule has 2 saturated heterocycles. The summed E-state index contributed by atoms with van der Waals surface area (Å²) >= 11 is 1.54. The molecule has 0 unspecified atom stereocenters. The van der Waals surface area contributed by atoms with Crippen molar-refractivity contribution in [3.8, 4) is 10.6 Å². The second-order valence-electron chi connectivity index (χ2n) is 6.29. The van der Waals surface area contributed by atoms with E-state index in [-0.39, 0.29) is 5.91 Å². The highest BCUT2D eigenvalue weighted by molar-refractivity contribution is 7.13. The summed E-state index contributed by atoms with van der Waals surface area (Å²) in [5.41, 5.74) is 0.399. The van der Waals surface area contributed by atoms with E-state index in [0.29, 0.717) is 43.7 Å². The molecule has 0 radical (unpaired) electrons. The maximum Gasteiger partial charge on any atom is 0.276 e. The highest BCUT2D eigenvalue weighted by Gasteiger charge is 2.42. The van der Waals surface area contributed by atoms with E-state index in [1.165, 1.54) is 17.7 Å². The Bertz CT molecular complexity index is 698. The average molecular weight is 348 g/mol. The van der Waals surface area contributed by atoms with Crippen LogP contribution in [-0.2, 0) is 9.47 Å². The van der Waals surface area contributed by atoms with Gasteiger partial charge in [-0.25, -0.2) is 4.98 Å². The van der Waals surface area contributed by atoms with Crippen molar-refractivity contribution in [2.75, 3.05) is 26.3 Å². The van der Waals surface area contributed by atoms with Crippen LogP contribution >= 0.6 is 11.3 Å². The van der Waals surface area contributed by atoms with Gasteiger partial charge in [0, 0.05) is 19.0 Å². The Kier molecular flexibility index (Phi) is 4.15. The average Bonchev–Trinajstić information content (AvgIpc) is 3.35. The smallest absolute Gasteiger partial charge is 0.276 e. The predicted molar refractivity (Wildman–Crippen MR) is 88.8 cm³/mol. The van der Waals surface area contributed by atoms with Gasteiger partial charge in [-0.2, -0.15) is 0 Å². The van der Waals surface area contributed by atoms with Crippen LogP contribution in [0.1, 0.15) is 30.3 Å². The van der Waals surface area contributed by atoms with Crippen LogP contribution in [0.25, 0.3) is 10.6 Å². The number of thiophene rings is 1. The first-order chi connectivity index (χ1) is 11.7. The lowest BCUT2D eigenvalue weighted by Crippen LogP contribution is -2.46. The van der Waals surface area contributed by atoms with Crippen LogP contribution in [0.4, 0.5) is 0 Å². The number of carbonyl (C=O) groups excluding carboxylic acids is 1. The summed E-state index contributed by atoms with van der Waals surface area (Å²) in [6.07, 6.45) is 3.08. The minimum absolute atomic E-state index is 0.0657. The Hall–Kier alpha value is -1.70. The molecule has 0 N–H and O–H groups in total. The Morgan fingerprint density at radius 3 is 2.75 bits per heavy atom. The molecule has 2 aliphatic heterocycles. The molecule has 7 heteroatoms. The molecule has 4 heterocycles. The van der Waals surface area contributed by atoms with E-state index >= 15 is 0 Å². The summed E-state index contributed by atoms with van der Waals surface area (Å²) in [5, 5.41) is 1.96. The lowest BCUT2D eigenvalue weighted by molar-refractivity contribution is -0.189. The summed E-state index contributed by atoms with van der Waals surface area (Å²) in [7, 11) is 0. The molecule has 128 valence electrons. The molecule has 0 spiro atoms. The van der Waals surface area contributed by atoms with Crippen LogP contribution in [0.3, 0.4) is 0 Å². The van der Waals surface area contributed by atoms with Gasteiger partial charge < -0.3 is 18.8 Å². The molecule has 0 aromatic carbocycles. The minimum atomic E-state index is -0.495. The van der Waals surface area contributed by atoms with Gasteiger partial charge >= 0.3 is 0 Å². The van der Waals surface area contributed by atoms with Crippen LogP contribution in [0.2, 0.25) is 0 Å². The highest BCUT2D eigenvalue weighted by atomic mass is 32.1. The van der Waals surface area contributed by atoms with Crippen molar-refractivity contribution in [2.45, 2.75) is 25.6 Å². The number of ether oxygens (including phenoxy) is 2. The van der Waals surface area contributed by atoms with Crippen LogP contribution in [-0.4, -0.2) is 47.9 Å². The third kappa shape index (κ3) is 2.76. The third-order valence-electron chi connectivity index (χ3n) is 4.90. The van der Waals surface area contributed by atoms with Crippen molar-refractivity contribution in [1.82, 2.24) is 9.88 Å². The van der Waals surface area contributed by atoms with Crippen molar-refractivity contribution in [3.05, 3.63) is 29.6 Å². The fourth-order valence-corrected chi connectivity index (χ4v) is 4.22. The Labute approximate surface area is 144 Å². The third-order valence-corrected chi connectivity index (χ3v) is 5.77. The van der Waals surface area contributed by atoms with Gasteiger partial charge in [0.25, 0.3) is 5.91 Å². The number of hydrogen-bond acceptors (Lipinski definition) is 6. The molecule has 2 fully saturated rings. The molecule has 2 aromatic heterocycles. The SMILES string of the molecule is CC1(C2CCN(C(=O)c3ncoc3-c3cccs3)CC2)OCCO1. The maximum absolute atomic E-state index is 12.8. The number of aromatic nitrogens is 1. The topological polar surface area (TPSA) is 64.8 Å². The molecule has 4 rings (SSSR count). The lowest BCUT2D eigenvalue weighted by atomic mass is 9.89. The normalized spacial score (nSPS) is 21.3. The Morgan fingerprint density at radius 1 is 1.33 bits per heavy atom. The molecule has 24 heavy (non-hydrogen) atoms. The zero-order chi connectivity index (χ0) is 16.6. The van der Waals surface area contributed by atoms with Gasteiger partial charge in [-0.3, -0.25) is 4.79 Å². The van der Waals surface area contributed by atoms with Gasteiger partial charge in [0.1, 0.15) is 0 Å². The van der Waals surface area contributed by atoms with Gasteiger partial charge in [0.05, 0.1) is 18.1 Å². The summed E-state index contributed by atoms with van der Waals surface area (Å²) in [5.74, 6) is 0.319. The predicted octanol–water partition coefficient (Wildman–Crippen LogP) is 3.02. The van der Waals surface area contributed by atoms with E-state index < -0.39 is 5.79 Å². The molecule has 0 bridgehead atoms. The molecule has 2 aliphatic rings. The van der Waals surface area contributed by atoms with E-state index in [4.69, 9.17) is 13.9 Å². The largest absolute Gasteiger partial charge is 0.442 e. The fraction of sp³-hybridized carbons (Fsp3) is 0.529. The van der Waals surface area contributed by atoms with Gasteiger partial charge in [-0.05, 0) is 31.2 Å². The van der Waals surface area contributed by atoms with Crippen LogP contribution in [0, 0.1) is 5.92 Å². The number of rotatable bonds is 3. The Morgan fingerprint density at radius 2 is 2.08 bits per heavy atom. The van der Waals surface area contributed by atoms with Crippen molar-refractivity contribution in [3.63, 3.8) is 0 Å². The quantitative estimate of drug-likeness (QED) is 0.853. The maximum atomic E-state index is 12.8. The van der Waals surface area contributed by atoms with Crippen LogP contribution in [0.5, 0.6) is 0 Å². The van der Waals surface area contributed by atoms with Crippen molar-refractivity contribution in [2.24, 2.45) is 5.92 Å². The minimum Gasteiger partial charge on any atom is -0.442 e. The first-order valence-electron chi connectivity index (χ1n) is 8.22. The highest BCUT2D eigenvalue weighted by Crippen LogP contribution is 2.36. The van der Waals surface area contributed by atoms with E-state index in [9.17, 15) is 4.79 Å². The van der Waals surface area contributed by atoms with E-state index in [1.54, 1.807) is 0 Å². The molecule has 2 aromatic rings. The van der Waals surface area contributed by atoms with E-state index in [1.807, 2.05) is 29.3 Å². The molecule has 0 saturated carbocycles. The second kappa shape index (κ2) is 6.31. The summed E-state index contributed by atoms with van der Waals surface area (Å²) < 4.78 is 17.0. The monoisotopic (exact) mass is 348 g/mol. The van der Waals surface area contributed by atoms with Gasteiger partial charge in [0.15, 0.2) is 23.6 Å². The number of carbonyl (C=O) groups is 1. The zero-order valence-corrected chi connectivity index (χ0v) is 14.4. The number of amides is 1. The first-order valence-corrected chi connectivity index (χ1v) is 9.10. The fourth-order valence-electron chi connectivity index (χ4n) is 3.50. The number of oxazole rings is 1. The molecule has 0 atom stereocenters. The standard InChI is InChI=1S/C17H20N2O4S/c1-17(22-8-9-23-17)12-4-6-19(7-5-12)16(20)14-15(21-11-18-14)13-3-2-10-24-13/h2-3,10-12H,4-9H2,1H3. The lowest BCUT2D eigenvalue weighted by Gasteiger charge is -2.38. The number of nitrogens with zero attached hydrogens (tertiary/aromatic N) is 2. The second-order valence-corrected chi connectivity index (χ2v) is 7.23. The van der Waals surface area contributed by atoms with Gasteiger partial charge in [-0.1, -0.05) is 6.07 Å². The van der Waals surface area contributed by atoms with Gasteiger partial charge in [-0.15, -0.1) is 11.3 Å². The molecule has 1 amide bonds. The summed E-state index contributed by atoms with van der Waals surface area (Å²) in [4.78, 5) is 19.8. The number of likely N-dealkylation sites (tertiary alicyclic amines) is 1. The molecular formula is C17H20N2O4S. The van der Waals surface area contributed by atoms with Crippen LogP contribution in [0.15, 0.2) is 28.3 Å². The van der Waals surface area contributed by atoms with Crippen LogP contribution < -0.4 is 0 Å². The van der Waals surface area contributed by atoms with E-state index in [0.717, 1.165) is 17.7 Å².